The van der Waals surface area contributed by atoms with Gasteiger partial charge in [0, 0.05) is 17.3 Å². The fourth-order valence-electron chi connectivity index (χ4n) is 2.26. The smallest absolute Gasteiger partial charge is 0.137 e. The summed E-state index contributed by atoms with van der Waals surface area (Å²) in [5.74, 6) is 0.553. The summed E-state index contributed by atoms with van der Waals surface area (Å²) in [6, 6.07) is 4.57. The Morgan fingerprint density at radius 3 is 2.58 bits per heavy atom. The van der Waals surface area contributed by atoms with Gasteiger partial charge >= 0.3 is 0 Å². The maximum absolute atomic E-state index is 13.2. The molecule has 106 valence electrons. The molecule has 4 heteroatoms. The highest BCUT2D eigenvalue weighted by molar-refractivity contribution is 9.10. The molecule has 1 unspecified atom stereocenters. The summed E-state index contributed by atoms with van der Waals surface area (Å²) in [6.07, 6.45) is 1.70. The van der Waals surface area contributed by atoms with Crippen molar-refractivity contribution in [2.24, 2.45) is 17.6 Å². The Hall–Kier alpha value is -0.740. The minimum Gasteiger partial charge on any atom is -0.330 e. The Bertz CT molecular complexity index is 414. The highest BCUT2D eigenvalue weighted by Crippen LogP contribution is 2.18. The molecular formula is C15H21BrFNO. The first-order valence-corrected chi connectivity index (χ1v) is 7.36. The van der Waals surface area contributed by atoms with E-state index in [2.05, 4.69) is 29.8 Å². The van der Waals surface area contributed by atoms with Crippen LogP contribution in [0.25, 0.3) is 0 Å². The van der Waals surface area contributed by atoms with Gasteiger partial charge in [-0.3, -0.25) is 4.79 Å². The normalized spacial score (nSPS) is 12.7. The first kappa shape index (κ1) is 16.3. The van der Waals surface area contributed by atoms with E-state index in [1.807, 2.05) is 0 Å². The van der Waals surface area contributed by atoms with E-state index in [-0.39, 0.29) is 23.9 Å². The second-order valence-corrected chi connectivity index (χ2v) is 6.34. The Morgan fingerprint density at radius 1 is 1.37 bits per heavy atom. The van der Waals surface area contributed by atoms with Gasteiger partial charge in [0.15, 0.2) is 0 Å². The molecule has 0 radical (unpaired) electrons. The van der Waals surface area contributed by atoms with Crippen LogP contribution in [0.15, 0.2) is 22.7 Å². The largest absolute Gasteiger partial charge is 0.330 e. The second-order valence-electron chi connectivity index (χ2n) is 5.43. The van der Waals surface area contributed by atoms with E-state index in [4.69, 9.17) is 5.73 Å². The molecule has 1 rings (SSSR count). The van der Waals surface area contributed by atoms with E-state index in [0.717, 1.165) is 6.42 Å². The lowest BCUT2D eigenvalue weighted by Crippen LogP contribution is -2.20. The number of hydrogen-bond acceptors (Lipinski definition) is 2. The number of ketones is 1. The second kappa shape index (κ2) is 7.75. The predicted molar refractivity (Wildman–Crippen MR) is 79.4 cm³/mol. The molecule has 1 aromatic carbocycles. The Kier molecular flexibility index (Phi) is 6.66. The first-order valence-electron chi connectivity index (χ1n) is 6.57. The fourth-order valence-corrected chi connectivity index (χ4v) is 2.78. The van der Waals surface area contributed by atoms with Crippen LogP contribution in [0, 0.1) is 17.7 Å². The summed E-state index contributed by atoms with van der Waals surface area (Å²) in [6.45, 7) is 4.77. The fraction of sp³-hybridized carbons (Fsp3) is 0.533. The van der Waals surface area contributed by atoms with E-state index < -0.39 is 0 Å². The highest BCUT2D eigenvalue weighted by atomic mass is 79.9. The van der Waals surface area contributed by atoms with Crippen LogP contribution in [0.1, 0.15) is 32.3 Å². The zero-order chi connectivity index (χ0) is 14.4. The molecule has 0 bridgehead atoms. The van der Waals surface area contributed by atoms with E-state index in [9.17, 15) is 9.18 Å². The standard InChI is InChI=1S/C15H21BrFNO/c1-10(2)3-12(9-18)7-15(19)6-11-4-13(16)8-14(17)5-11/h4-5,8,10,12H,3,6-7,9,18H2,1-2H3. The van der Waals surface area contributed by atoms with Crippen LogP contribution in [0.5, 0.6) is 0 Å². The van der Waals surface area contributed by atoms with Crippen molar-refractivity contribution in [2.45, 2.75) is 33.1 Å². The summed E-state index contributed by atoms with van der Waals surface area (Å²) < 4.78 is 13.9. The molecule has 1 aromatic rings. The van der Waals surface area contributed by atoms with Crippen LogP contribution in [-0.2, 0) is 11.2 Å². The third-order valence-corrected chi connectivity index (χ3v) is 3.44. The summed E-state index contributed by atoms with van der Waals surface area (Å²) in [5.41, 5.74) is 6.40. The maximum Gasteiger partial charge on any atom is 0.137 e. The zero-order valence-corrected chi connectivity index (χ0v) is 13.0. The SMILES string of the molecule is CC(C)CC(CN)CC(=O)Cc1cc(F)cc(Br)c1. The van der Waals surface area contributed by atoms with E-state index in [1.165, 1.54) is 12.1 Å². The number of carbonyl (C=O) groups is 1. The average molecular weight is 330 g/mol. The number of carbonyl (C=O) groups excluding carboxylic acids is 1. The first-order chi connectivity index (χ1) is 8.90. The molecule has 0 aliphatic carbocycles. The minimum absolute atomic E-state index is 0.119. The molecule has 2 N–H and O–H groups in total. The van der Waals surface area contributed by atoms with Gasteiger partial charge in [-0.15, -0.1) is 0 Å². The Labute approximate surface area is 122 Å². The molecule has 0 aromatic heterocycles. The maximum atomic E-state index is 13.2. The molecule has 0 aliphatic heterocycles. The molecule has 0 heterocycles. The van der Waals surface area contributed by atoms with Gasteiger partial charge in [-0.1, -0.05) is 29.8 Å². The van der Waals surface area contributed by atoms with Gasteiger partial charge in [0.1, 0.15) is 11.6 Å². The monoisotopic (exact) mass is 329 g/mol. The molecule has 0 saturated carbocycles. The van der Waals surface area contributed by atoms with Crippen LogP contribution in [0.4, 0.5) is 4.39 Å². The molecular weight excluding hydrogens is 309 g/mol. The summed E-state index contributed by atoms with van der Waals surface area (Å²) in [7, 11) is 0. The molecule has 0 spiro atoms. The summed E-state index contributed by atoms with van der Waals surface area (Å²) in [4.78, 5) is 12.0. The molecule has 0 amide bonds. The van der Waals surface area contributed by atoms with Gasteiger partial charge in [-0.2, -0.15) is 0 Å². The Balaban J connectivity index is 2.58. The van der Waals surface area contributed by atoms with Crippen molar-refractivity contribution in [2.75, 3.05) is 6.54 Å². The molecule has 0 aliphatic rings. The lowest BCUT2D eigenvalue weighted by Gasteiger charge is -2.16. The lowest BCUT2D eigenvalue weighted by atomic mass is 9.91. The number of hydrogen-bond donors (Lipinski definition) is 1. The van der Waals surface area contributed by atoms with Crippen LogP contribution >= 0.6 is 15.9 Å². The van der Waals surface area contributed by atoms with Crippen molar-refractivity contribution in [3.05, 3.63) is 34.1 Å². The predicted octanol–water partition coefficient (Wildman–Crippen LogP) is 3.71. The van der Waals surface area contributed by atoms with E-state index >= 15 is 0 Å². The third-order valence-electron chi connectivity index (χ3n) is 2.98. The number of rotatable bonds is 7. The van der Waals surface area contributed by atoms with Gasteiger partial charge < -0.3 is 5.73 Å². The summed E-state index contributed by atoms with van der Waals surface area (Å²) >= 11 is 3.23. The average Bonchev–Trinajstić information content (AvgIpc) is 2.25. The van der Waals surface area contributed by atoms with Crippen LogP contribution in [-0.4, -0.2) is 12.3 Å². The zero-order valence-electron chi connectivity index (χ0n) is 11.5. The van der Waals surface area contributed by atoms with Crippen LogP contribution in [0.2, 0.25) is 0 Å². The van der Waals surface area contributed by atoms with Gasteiger partial charge in [-0.25, -0.2) is 4.39 Å². The van der Waals surface area contributed by atoms with Crippen molar-refractivity contribution in [3.63, 3.8) is 0 Å². The Morgan fingerprint density at radius 2 is 2.05 bits per heavy atom. The van der Waals surface area contributed by atoms with Crippen LogP contribution in [0.3, 0.4) is 0 Å². The quantitative estimate of drug-likeness (QED) is 0.828. The van der Waals surface area contributed by atoms with Gasteiger partial charge in [0.25, 0.3) is 0 Å². The van der Waals surface area contributed by atoms with Gasteiger partial charge in [0.05, 0.1) is 0 Å². The molecule has 0 saturated heterocycles. The number of nitrogens with two attached hydrogens (primary N) is 1. The molecule has 2 nitrogen and oxygen atoms in total. The number of benzene rings is 1. The van der Waals surface area contributed by atoms with Crippen molar-refractivity contribution in [1.29, 1.82) is 0 Å². The van der Waals surface area contributed by atoms with Crippen molar-refractivity contribution >= 4 is 21.7 Å². The van der Waals surface area contributed by atoms with Gasteiger partial charge in [-0.05, 0) is 48.6 Å². The van der Waals surface area contributed by atoms with Gasteiger partial charge in [0.2, 0.25) is 0 Å². The molecule has 0 fully saturated rings. The van der Waals surface area contributed by atoms with E-state index in [0.29, 0.717) is 28.9 Å². The molecule has 1 atom stereocenters. The number of halogens is 2. The third kappa shape index (κ3) is 6.30. The van der Waals surface area contributed by atoms with E-state index in [1.54, 1.807) is 6.07 Å². The number of Topliss-reactive ketones (excluding diaryl/α,β-unsaturated/α-hetero) is 1. The lowest BCUT2D eigenvalue weighted by molar-refractivity contribution is -0.119. The van der Waals surface area contributed by atoms with Crippen molar-refractivity contribution < 1.29 is 9.18 Å². The minimum atomic E-state index is -0.324. The van der Waals surface area contributed by atoms with Crippen molar-refractivity contribution in [3.8, 4) is 0 Å². The topological polar surface area (TPSA) is 43.1 Å². The summed E-state index contributed by atoms with van der Waals surface area (Å²) in [5, 5.41) is 0. The van der Waals surface area contributed by atoms with Crippen LogP contribution < -0.4 is 5.73 Å². The van der Waals surface area contributed by atoms with Crippen molar-refractivity contribution in [1.82, 2.24) is 0 Å². The molecule has 19 heavy (non-hydrogen) atoms. The highest BCUT2D eigenvalue weighted by Gasteiger charge is 2.15.